The van der Waals surface area contributed by atoms with Crippen LogP contribution >= 0.6 is 0 Å². The Morgan fingerprint density at radius 3 is 2.42 bits per heavy atom. The molecule has 71 valence electrons. The van der Waals surface area contributed by atoms with E-state index in [0.717, 1.165) is 25.7 Å². The first-order valence-electron chi connectivity index (χ1n) is 4.16. The van der Waals surface area contributed by atoms with Crippen LogP contribution in [0.5, 0.6) is 0 Å². The van der Waals surface area contributed by atoms with Crippen molar-refractivity contribution in [3.05, 3.63) is 0 Å². The molecule has 0 aliphatic rings. The zero-order valence-electron chi connectivity index (χ0n) is 7.63. The number of unbranched alkanes of at least 4 members (excludes halogenated alkanes) is 1. The summed E-state index contributed by atoms with van der Waals surface area (Å²) in [6, 6.07) is 0. The fourth-order valence-corrected chi connectivity index (χ4v) is 1.04. The first-order chi connectivity index (χ1) is 5.26. The number of hydrogen-bond donors (Lipinski definition) is 0. The summed E-state index contributed by atoms with van der Waals surface area (Å²) in [6.45, 7) is 4.07. The monoisotopic (exact) mass is 213 g/mol. The molecule has 0 aliphatic heterocycles. The van der Waals surface area contributed by atoms with Gasteiger partial charge in [-0.05, 0) is 12.8 Å². The van der Waals surface area contributed by atoms with Crippen molar-refractivity contribution in [2.45, 2.75) is 39.5 Å². The van der Waals surface area contributed by atoms with Crippen LogP contribution in [0.2, 0.25) is 0 Å². The molecule has 3 radical (unpaired) electrons. The fraction of sp³-hybridized carbons (Fsp3) is 0.875. The molecule has 0 aliphatic carbocycles. The van der Waals surface area contributed by atoms with Crippen molar-refractivity contribution in [1.82, 2.24) is 0 Å². The molecule has 0 fully saturated rings. The molecule has 0 saturated carbocycles. The van der Waals surface area contributed by atoms with Gasteiger partial charge in [-0.3, -0.25) is 4.79 Å². The molecule has 4 heteroatoms. The number of carbonyl (C=O) groups is 1. The van der Waals surface area contributed by atoms with Gasteiger partial charge in [0, 0.05) is 16.8 Å². The summed E-state index contributed by atoms with van der Waals surface area (Å²) in [6.07, 6.45) is 3.88. The zero-order valence-corrected chi connectivity index (χ0v) is 8.67. The zero-order chi connectivity index (χ0) is 8.69. The average Bonchev–Trinajstić information content (AvgIpc) is 2.05. The third-order valence-electron chi connectivity index (χ3n) is 1.85. The molecular weight excluding hydrogens is 198 g/mol. The Hall–Kier alpha value is 0.0414. The molecule has 0 aromatic carbocycles. The minimum atomic E-state index is -0.277. The van der Waals surface area contributed by atoms with Gasteiger partial charge in [-0.2, -0.15) is 0 Å². The SMILES string of the molecule is [B]OC(=O)C(CC)CCCC.[Co]. The van der Waals surface area contributed by atoms with E-state index in [1.54, 1.807) is 0 Å². The predicted molar refractivity (Wildman–Crippen MR) is 45.2 cm³/mol. The van der Waals surface area contributed by atoms with Crippen LogP contribution in [0.3, 0.4) is 0 Å². The van der Waals surface area contributed by atoms with Crippen LogP contribution in [-0.2, 0) is 26.2 Å². The standard InChI is InChI=1S/C8H15BO2.Co/c1-3-5-6-7(4-2)8(10)11-9;/h7H,3-6H2,1-2H3;. The van der Waals surface area contributed by atoms with E-state index in [1.165, 1.54) is 0 Å². The van der Waals surface area contributed by atoms with Gasteiger partial charge in [0.05, 0.1) is 5.92 Å². The molecule has 0 aromatic heterocycles. The van der Waals surface area contributed by atoms with Crippen LogP contribution in [0.15, 0.2) is 0 Å². The van der Waals surface area contributed by atoms with E-state index in [2.05, 4.69) is 11.6 Å². The van der Waals surface area contributed by atoms with E-state index in [1.807, 2.05) is 6.92 Å². The minimum absolute atomic E-state index is 0. The third kappa shape index (κ3) is 5.66. The molecule has 0 spiro atoms. The van der Waals surface area contributed by atoms with Crippen LogP contribution < -0.4 is 0 Å². The maximum atomic E-state index is 10.9. The van der Waals surface area contributed by atoms with Crippen LogP contribution in [0.25, 0.3) is 0 Å². The maximum Gasteiger partial charge on any atom is 0.378 e. The van der Waals surface area contributed by atoms with Crippen molar-refractivity contribution in [3.63, 3.8) is 0 Å². The fourth-order valence-electron chi connectivity index (χ4n) is 1.04. The maximum absolute atomic E-state index is 10.9. The summed E-state index contributed by atoms with van der Waals surface area (Å²) >= 11 is 0. The Bertz CT molecular complexity index is 120. The van der Waals surface area contributed by atoms with E-state index in [4.69, 9.17) is 8.05 Å². The van der Waals surface area contributed by atoms with Gasteiger partial charge in [-0.1, -0.05) is 26.7 Å². The topological polar surface area (TPSA) is 26.3 Å². The van der Waals surface area contributed by atoms with Crippen molar-refractivity contribution in [2.75, 3.05) is 0 Å². The summed E-state index contributed by atoms with van der Waals surface area (Å²) in [7, 11) is 4.77. The predicted octanol–water partition coefficient (Wildman–Crippen LogP) is 1.83. The molecule has 0 saturated heterocycles. The quantitative estimate of drug-likeness (QED) is 0.651. The summed E-state index contributed by atoms with van der Waals surface area (Å²) in [5.41, 5.74) is 0. The van der Waals surface area contributed by atoms with E-state index in [0.29, 0.717) is 0 Å². The average molecular weight is 213 g/mol. The van der Waals surface area contributed by atoms with Gasteiger partial charge in [-0.15, -0.1) is 0 Å². The van der Waals surface area contributed by atoms with Crippen molar-refractivity contribution >= 4 is 14.0 Å². The Labute approximate surface area is 86.1 Å². The van der Waals surface area contributed by atoms with E-state index in [9.17, 15) is 4.79 Å². The molecule has 1 unspecified atom stereocenters. The van der Waals surface area contributed by atoms with Crippen molar-refractivity contribution in [2.24, 2.45) is 5.92 Å². The van der Waals surface area contributed by atoms with Gasteiger partial charge < -0.3 is 4.65 Å². The second kappa shape index (κ2) is 9.13. The Balaban J connectivity index is 0. The van der Waals surface area contributed by atoms with Gasteiger partial charge in [0.25, 0.3) is 5.97 Å². The van der Waals surface area contributed by atoms with Crippen molar-refractivity contribution < 1.29 is 26.2 Å². The van der Waals surface area contributed by atoms with E-state index < -0.39 is 0 Å². The normalized spacial score (nSPS) is 11.5. The Morgan fingerprint density at radius 1 is 1.50 bits per heavy atom. The molecular formula is C8H15BCoO2. The summed E-state index contributed by atoms with van der Waals surface area (Å²) in [5.74, 6) is -0.277. The molecule has 2 nitrogen and oxygen atoms in total. The minimum Gasteiger partial charge on any atom is -0.543 e. The van der Waals surface area contributed by atoms with Crippen LogP contribution in [0.1, 0.15) is 39.5 Å². The van der Waals surface area contributed by atoms with Gasteiger partial charge in [0.2, 0.25) is 0 Å². The summed E-state index contributed by atoms with van der Waals surface area (Å²) in [4.78, 5) is 10.9. The first-order valence-corrected chi connectivity index (χ1v) is 4.16. The largest absolute Gasteiger partial charge is 0.543 e. The Morgan fingerprint density at radius 2 is 2.08 bits per heavy atom. The third-order valence-corrected chi connectivity index (χ3v) is 1.85. The molecule has 0 rings (SSSR count). The smallest absolute Gasteiger partial charge is 0.378 e. The molecule has 0 heterocycles. The van der Waals surface area contributed by atoms with Gasteiger partial charge >= 0.3 is 8.05 Å². The summed E-state index contributed by atoms with van der Waals surface area (Å²) in [5, 5.41) is 0. The number of rotatable bonds is 5. The molecule has 0 amide bonds. The van der Waals surface area contributed by atoms with E-state index >= 15 is 0 Å². The van der Waals surface area contributed by atoms with Gasteiger partial charge in [-0.25, -0.2) is 0 Å². The number of carbonyl (C=O) groups excluding carboxylic acids is 1. The molecule has 0 bridgehead atoms. The van der Waals surface area contributed by atoms with Crippen LogP contribution in [-0.4, -0.2) is 14.0 Å². The van der Waals surface area contributed by atoms with Crippen molar-refractivity contribution in [1.29, 1.82) is 0 Å². The van der Waals surface area contributed by atoms with E-state index in [-0.39, 0.29) is 28.7 Å². The van der Waals surface area contributed by atoms with Crippen LogP contribution in [0.4, 0.5) is 0 Å². The summed E-state index contributed by atoms with van der Waals surface area (Å²) < 4.78 is 4.16. The Kier molecular flexibility index (Phi) is 11.1. The molecule has 1 atom stereocenters. The van der Waals surface area contributed by atoms with Gasteiger partial charge in [0.1, 0.15) is 0 Å². The number of hydrogen-bond acceptors (Lipinski definition) is 2. The van der Waals surface area contributed by atoms with Crippen molar-refractivity contribution in [3.8, 4) is 0 Å². The second-order valence-corrected chi connectivity index (χ2v) is 2.68. The first kappa shape index (κ1) is 14.6. The van der Waals surface area contributed by atoms with Crippen LogP contribution in [0, 0.1) is 5.92 Å². The van der Waals surface area contributed by atoms with Gasteiger partial charge in [0.15, 0.2) is 0 Å². The molecule has 0 aromatic rings. The molecule has 0 N–H and O–H groups in total. The molecule has 12 heavy (non-hydrogen) atoms. The second-order valence-electron chi connectivity index (χ2n) is 2.68.